The Hall–Kier alpha value is -1.75. The lowest BCUT2D eigenvalue weighted by Gasteiger charge is -2.45. The van der Waals surface area contributed by atoms with Gasteiger partial charge in [-0.3, -0.25) is 0 Å². The van der Waals surface area contributed by atoms with Crippen LogP contribution < -0.4 is 14.8 Å². The van der Waals surface area contributed by atoms with Crippen molar-refractivity contribution in [2.24, 2.45) is 0 Å². The predicted molar refractivity (Wildman–Crippen MR) is 73.3 cm³/mol. The Morgan fingerprint density at radius 1 is 1.10 bits per heavy atom. The fraction of sp³-hybridized carbons (Fsp3) is 0.533. The first-order chi connectivity index (χ1) is 9.69. The minimum Gasteiger partial charge on any atom is -0.493 e. The van der Waals surface area contributed by atoms with Crippen molar-refractivity contribution in [3.8, 4) is 11.5 Å². The van der Waals surface area contributed by atoms with Gasteiger partial charge in [0, 0.05) is 12.1 Å². The smallest absolute Gasteiger partial charge is 0.338 e. The molecule has 3 aliphatic rings. The van der Waals surface area contributed by atoms with Gasteiger partial charge in [-0.2, -0.15) is 0 Å². The van der Waals surface area contributed by atoms with E-state index in [9.17, 15) is 4.79 Å². The van der Waals surface area contributed by atoms with Crippen LogP contribution in [0.2, 0.25) is 0 Å². The average Bonchev–Trinajstić information content (AvgIpc) is 2.45. The molecule has 2 heterocycles. The third-order valence-corrected chi connectivity index (χ3v) is 4.03. The molecule has 5 heteroatoms. The number of fused-ring (bicyclic) bond motifs is 2. The van der Waals surface area contributed by atoms with Crippen LogP contribution in [0, 0.1) is 0 Å². The van der Waals surface area contributed by atoms with Crippen LogP contribution in [-0.4, -0.2) is 38.4 Å². The number of nitrogens with one attached hydrogen (secondary N) is 1. The summed E-state index contributed by atoms with van der Waals surface area (Å²) in [6, 6.07) is 6.12. The van der Waals surface area contributed by atoms with E-state index in [1.165, 1.54) is 6.42 Å². The van der Waals surface area contributed by atoms with Gasteiger partial charge >= 0.3 is 5.97 Å². The monoisotopic (exact) mass is 277 g/mol. The molecule has 1 N–H and O–H groups in total. The topological polar surface area (TPSA) is 56.8 Å². The molecule has 0 spiro atoms. The predicted octanol–water partition coefficient (Wildman–Crippen LogP) is 1.75. The quantitative estimate of drug-likeness (QED) is 0.850. The summed E-state index contributed by atoms with van der Waals surface area (Å²) < 4.78 is 15.9. The molecule has 0 amide bonds. The van der Waals surface area contributed by atoms with E-state index in [4.69, 9.17) is 14.2 Å². The van der Waals surface area contributed by atoms with E-state index in [0.717, 1.165) is 12.8 Å². The molecule has 1 aromatic carbocycles. The van der Waals surface area contributed by atoms with E-state index in [1.807, 2.05) is 0 Å². The highest BCUT2D eigenvalue weighted by Gasteiger charge is 2.39. The Kier molecular flexibility index (Phi) is 3.53. The summed E-state index contributed by atoms with van der Waals surface area (Å²) in [5, 5.41) is 3.43. The van der Waals surface area contributed by atoms with Crippen LogP contribution in [0.15, 0.2) is 18.2 Å². The first-order valence-electron chi connectivity index (χ1n) is 6.88. The fourth-order valence-electron chi connectivity index (χ4n) is 2.99. The van der Waals surface area contributed by atoms with Crippen LogP contribution in [0.25, 0.3) is 0 Å². The Bertz CT molecular complexity index is 501. The van der Waals surface area contributed by atoms with Crippen molar-refractivity contribution in [3.63, 3.8) is 0 Å². The molecule has 2 unspecified atom stereocenters. The van der Waals surface area contributed by atoms with Gasteiger partial charge in [0.1, 0.15) is 6.10 Å². The summed E-state index contributed by atoms with van der Waals surface area (Å²) in [4.78, 5) is 12.2. The van der Waals surface area contributed by atoms with Crippen molar-refractivity contribution in [3.05, 3.63) is 23.8 Å². The van der Waals surface area contributed by atoms with Crippen molar-refractivity contribution in [1.29, 1.82) is 0 Å². The molecule has 4 rings (SSSR count). The minimum absolute atomic E-state index is 0.0283. The molecule has 5 nitrogen and oxygen atoms in total. The van der Waals surface area contributed by atoms with Crippen LogP contribution in [0.1, 0.15) is 29.6 Å². The number of ether oxygens (including phenoxy) is 3. The summed E-state index contributed by atoms with van der Waals surface area (Å²) in [5.41, 5.74) is 0.495. The lowest BCUT2D eigenvalue weighted by Crippen LogP contribution is -2.59. The lowest BCUT2D eigenvalue weighted by molar-refractivity contribution is -0.00675. The van der Waals surface area contributed by atoms with E-state index in [2.05, 4.69) is 5.32 Å². The third kappa shape index (κ3) is 2.45. The third-order valence-electron chi connectivity index (χ3n) is 4.03. The molecule has 108 valence electrons. The van der Waals surface area contributed by atoms with Crippen LogP contribution in [0.4, 0.5) is 0 Å². The zero-order valence-electron chi connectivity index (χ0n) is 11.7. The van der Waals surface area contributed by atoms with Crippen molar-refractivity contribution in [1.82, 2.24) is 5.32 Å². The highest BCUT2D eigenvalue weighted by Crippen LogP contribution is 2.32. The molecule has 3 fully saturated rings. The fourth-order valence-corrected chi connectivity index (χ4v) is 2.99. The second-order valence-corrected chi connectivity index (χ2v) is 5.36. The summed E-state index contributed by atoms with van der Waals surface area (Å²) in [7, 11) is 3.12. The van der Waals surface area contributed by atoms with E-state index in [-0.39, 0.29) is 12.1 Å². The SMILES string of the molecule is COc1ccc(C(=O)OC2CC3CC(C2)N3)cc1OC. The molecule has 2 atom stereocenters. The minimum atomic E-state index is -0.294. The molecule has 2 saturated heterocycles. The lowest BCUT2D eigenvalue weighted by atomic mass is 9.81. The van der Waals surface area contributed by atoms with E-state index >= 15 is 0 Å². The van der Waals surface area contributed by atoms with Crippen molar-refractivity contribution in [2.75, 3.05) is 14.2 Å². The normalized spacial score (nSPS) is 27.4. The van der Waals surface area contributed by atoms with Crippen LogP contribution in [0.3, 0.4) is 0 Å². The molecular formula is C15H19NO4. The van der Waals surface area contributed by atoms with Crippen LogP contribution in [-0.2, 0) is 4.74 Å². The van der Waals surface area contributed by atoms with Gasteiger partial charge in [-0.15, -0.1) is 0 Å². The summed E-state index contributed by atoms with van der Waals surface area (Å²) >= 11 is 0. The van der Waals surface area contributed by atoms with Gasteiger partial charge in [-0.25, -0.2) is 4.79 Å². The van der Waals surface area contributed by atoms with E-state index in [0.29, 0.717) is 29.1 Å². The van der Waals surface area contributed by atoms with Gasteiger partial charge in [0.2, 0.25) is 0 Å². The Morgan fingerprint density at radius 2 is 1.75 bits per heavy atom. The molecule has 2 bridgehead atoms. The molecule has 0 radical (unpaired) electrons. The second kappa shape index (κ2) is 5.32. The van der Waals surface area contributed by atoms with Gasteiger partial charge in [0.05, 0.1) is 19.8 Å². The first-order valence-corrected chi connectivity index (χ1v) is 6.88. The number of esters is 1. The Balaban J connectivity index is 1.67. The second-order valence-electron chi connectivity index (χ2n) is 5.36. The summed E-state index contributed by atoms with van der Waals surface area (Å²) in [6.07, 6.45) is 3.07. The molecule has 1 saturated carbocycles. The van der Waals surface area contributed by atoms with Crippen molar-refractivity contribution >= 4 is 5.97 Å². The van der Waals surface area contributed by atoms with Gasteiger partial charge in [-0.1, -0.05) is 0 Å². The zero-order valence-corrected chi connectivity index (χ0v) is 11.7. The van der Waals surface area contributed by atoms with Crippen molar-refractivity contribution < 1.29 is 19.0 Å². The summed E-state index contributed by atoms with van der Waals surface area (Å²) in [5.74, 6) is 0.847. The number of carbonyl (C=O) groups excluding carboxylic acids is 1. The van der Waals surface area contributed by atoms with E-state index < -0.39 is 0 Å². The maximum Gasteiger partial charge on any atom is 0.338 e. The average molecular weight is 277 g/mol. The largest absolute Gasteiger partial charge is 0.493 e. The maximum absolute atomic E-state index is 12.2. The highest BCUT2D eigenvalue weighted by molar-refractivity contribution is 5.90. The van der Waals surface area contributed by atoms with Gasteiger partial charge in [0.25, 0.3) is 0 Å². The first kappa shape index (κ1) is 13.2. The molecule has 1 aliphatic carbocycles. The number of methoxy groups -OCH3 is 2. The standard InChI is InChI=1S/C15H19NO4/c1-18-13-4-3-9(5-14(13)19-2)15(17)20-12-7-10-6-11(8-12)16-10/h3-5,10-12,16H,6-8H2,1-2H3. The van der Waals surface area contributed by atoms with E-state index in [1.54, 1.807) is 32.4 Å². The molecule has 1 aromatic rings. The number of hydrogen-bond acceptors (Lipinski definition) is 5. The number of piperidine rings is 1. The molecule has 20 heavy (non-hydrogen) atoms. The van der Waals surface area contributed by atoms with Gasteiger partial charge in [0.15, 0.2) is 11.5 Å². The number of carbonyl (C=O) groups is 1. The number of rotatable bonds is 4. The van der Waals surface area contributed by atoms with Gasteiger partial charge < -0.3 is 19.5 Å². The molecule has 2 aliphatic heterocycles. The van der Waals surface area contributed by atoms with Crippen molar-refractivity contribution in [2.45, 2.75) is 37.5 Å². The Labute approximate surface area is 118 Å². The molecule has 0 aromatic heterocycles. The number of benzene rings is 1. The number of hydrogen-bond donors (Lipinski definition) is 1. The Morgan fingerprint density at radius 3 is 2.35 bits per heavy atom. The van der Waals surface area contributed by atoms with Crippen LogP contribution >= 0.6 is 0 Å². The summed E-state index contributed by atoms with van der Waals surface area (Å²) in [6.45, 7) is 0. The zero-order chi connectivity index (χ0) is 14.1. The highest BCUT2D eigenvalue weighted by atomic mass is 16.5. The van der Waals surface area contributed by atoms with Gasteiger partial charge in [-0.05, 0) is 37.5 Å². The molecular weight excluding hydrogens is 258 g/mol. The maximum atomic E-state index is 12.2. The van der Waals surface area contributed by atoms with Crippen LogP contribution in [0.5, 0.6) is 11.5 Å².